The highest BCUT2D eigenvalue weighted by Gasteiger charge is 2.31. The summed E-state index contributed by atoms with van der Waals surface area (Å²) in [6.45, 7) is 1.15. The zero-order valence-electron chi connectivity index (χ0n) is 18.7. The molecule has 1 N–H and O–H groups in total. The van der Waals surface area contributed by atoms with Crippen LogP contribution in [0.2, 0.25) is 0 Å². The maximum absolute atomic E-state index is 13.8. The molecule has 5 nitrogen and oxygen atoms in total. The summed E-state index contributed by atoms with van der Waals surface area (Å²) >= 11 is 0. The molecule has 33 heavy (non-hydrogen) atoms. The Morgan fingerprint density at radius 2 is 1.42 bits per heavy atom. The molecule has 1 saturated heterocycles. The number of nitrogens with one attached hydrogen (secondary N) is 1. The Labute approximate surface area is 193 Å². The van der Waals surface area contributed by atoms with E-state index in [1.807, 2.05) is 90.8 Å². The molecule has 5 heteroatoms. The van der Waals surface area contributed by atoms with Crippen molar-refractivity contribution in [3.05, 3.63) is 90.5 Å². The molecule has 1 fully saturated rings. The number of likely N-dealkylation sites (tertiary alicyclic amines) is 1. The molecule has 0 spiro atoms. The van der Waals surface area contributed by atoms with Gasteiger partial charge in [-0.15, -0.1) is 0 Å². The van der Waals surface area contributed by atoms with Crippen LogP contribution in [0.1, 0.15) is 23.2 Å². The molecular formula is C28H27N3O2. The minimum atomic E-state index is -0.0876. The van der Waals surface area contributed by atoms with E-state index in [4.69, 9.17) is 0 Å². The number of anilines is 1. The third kappa shape index (κ3) is 4.02. The van der Waals surface area contributed by atoms with Crippen molar-refractivity contribution in [1.82, 2.24) is 9.47 Å². The minimum absolute atomic E-state index is 0.0310. The maximum Gasteiger partial charge on any atom is 0.256 e. The highest BCUT2D eigenvalue weighted by Crippen LogP contribution is 2.34. The van der Waals surface area contributed by atoms with E-state index in [2.05, 4.69) is 16.0 Å². The van der Waals surface area contributed by atoms with E-state index in [0.29, 0.717) is 25.9 Å². The second kappa shape index (κ2) is 8.94. The van der Waals surface area contributed by atoms with Crippen LogP contribution in [0.4, 0.5) is 5.69 Å². The summed E-state index contributed by atoms with van der Waals surface area (Å²) < 4.78 is 2.11. The standard InChI is InChI=1S/C28H27N3O2/c1-30-24-15-9-8-14-23(24)25(26(30)20-10-4-2-5-11-20)28(33)31-18-16-21(17-19-31)27(32)29-22-12-6-3-7-13-22/h2-15,21H,16-19H2,1H3,(H,29,32). The Hall–Kier alpha value is -3.86. The molecule has 0 bridgehead atoms. The van der Waals surface area contributed by atoms with Crippen molar-refractivity contribution in [2.24, 2.45) is 13.0 Å². The molecule has 0 unspecified atom stereocenters. The van der Waals surface area contributed by atoms with E-state index >= 15 is 0 Å². The van der Waals surface area contributed by atoms with Gasteiger partial charge in [0.05, 0.1) is 11.3 Å². The maximum atomic E-state index is 13.8. The quantitative estimate of drug-likeness (QED) is 0.469. The van der Waals surface area contributed by atoms with Crippen molar-refractivity contribution in [3.8, 4) is 11.3 Å². The number of para-hydroxylation sites is 2. The number of piperidine rings is 1. The molecule has 4 aromatic rings. The molecule has 3 aromatic carbocycles. The molecule has 0 saturated carbocycles. The van der Waals surface area contributed by atoms with Crippen molar-refractivity contribution >= 4 is 28.4 Å². The predicted octanol–water partition coefficient (Wildman–Crippen LogP) is 5.34. The summed E-state index contributed by atoms with van der Waals surface area (Å²) in [5, 5.41) is 3.97. The number of hydrogen-bond donors (Lipinski definition) is 1. The Morgan fingerprint density at radius 1 is 0.818 bits per heavy atom. The minimum Gasteiger partial charge on any atom is -0.343 e. The van der Waals surface area contributed by atoms with Gasteiger partial charge in [-0.25, -0.2) is 0 Å². The van der Waals surface area contributed by atoms with Crippen LogP contribution < -0.4 is 5.32 Å². The molecule has 2 heterocycles. The summed E-state index contributed by atoms with van der Waals surface area (Å²) in [7, 11) is 2.02. The molecule has 5 rings (SSSR count). The average Bonchev–Trinajstić information content (AvgIpc) is 3.17. The molecule has 1 aliphatic heterocycles. The average molecular weight is 438 g/mol. The molecule has 0 radical (unpaired) electrons. The fourth-order valence-electron chi connectivity index (χ4n) is 4.81. The van der Waals surface area contributed by atoms with Crippen molar-refractivity contribution in [2.75, 3.05) is 18.4 Å². The third-order valence-electron chi connectivity index (χ3n) is 6.56. The van der Waals surface area contributed by atoms with Gasteiger partial charge in [0.25, 0.3) is 5.91 Å². The summed E-state index contributed by atoms with van der Waals surface area (Å²) in [6.07, 6.45) is 1.33. The first-order valence-corrected chi connectivity index (χ1v) is 11.4. The number of amides is 2. The SMILES string of the molecule is Cn1c(-c2ccccc2)c(C(=O)N2CCC(C(=O)Nc3ccccc3)CC2)c2ccccc21. The lowest BCUT2D eigenvalue weighted by molar-refractivity contribution is -0.121. The number of aryl methyl sites for hydroxylation is 1. The van der Waals surface area contributed by atoms with E-state index in [1.54, 1.807) is 0 Å². The summed E-state index contributed by atoms with van der Waals surface area (Å²) in [5.74, 6) is -0.0219. The van der Waals surface area contributed by atoms with E-state index in [9.17, 15) is 9.59 Å². The Bertz CT molecular complexity index is 1290. The van der Waals surface area contributed by atoms with E-state index in [0.717, 1.165) is 33.4 Å². The first-order chi connectivity index (χ1) is 16.1. The highest BCUT2D eigenvalue weighted by atomic mass is 16.2. The van der Waals surface area contributed by atoms with E-state index in [1.165, 1.54) is 0 Å². The van der Waals surface area contributed by atoms with Gasteiger partial charge in [0.1, 0.15) is 0 Å². The highest BCUT2D eigenvalue weighted by molar-refractivity contribution is 6.12. The number of carbonyl (C=O) groups excluding carboxylic acids is 2. The fraction of sp³-hybridized carbons (Fsp3) is 0.214. The van der Waals surface area contributed by atoms with Gasteiger partial charge >= 0.3 is 0 Å². The van der Waals surface area contributed by atoms with Crippen LogP contribution in [0.3, 0.4) is 0 Å². The number of nitrogens with zero attached hydrogens (tertiary/aromatic N) is 2. The van der Waals surface area contributed by atoms with E-state index in [-0.39, 0.29) is 17.7 Å². The molecular weight excluding hydrogens is 410 g/mol. The summed E-state index contributed by atoms with van der Waals surface area (Å²) in [6, 6.07) is 27.7. The number of hydrogen-bond acceptors (Lipinski definition) is 2. The fourth-order valence-corrected chi connectivity index (χ4v) is 4.81. The summed E-state index contributed by atoms with van der Waals surface area (Å²) in [5.41, 5.74) is 4.55. The van der Waals surface area contributed by atoms with Gasteiger partial charge in [-0.05, 0) is 36.6 Å². The molecule has 1 aliphatic rings. The molecule has 0 atom stereocenters. The molecule has 2 amide bonds. The molecule has 0 aliphatic carbocycles. The second-order valence-electron chi connectivity index (χ2n) is 8.59. The van der Waals surface area contributed by atoms with Crippen LogP contribution in [0.15, 0.2) is 84.9 Å². The lowest BCUT2D eigenvalue weighted by Gasteiger charge is -2.31. The largest absolute Gasteiger partial charge is 0.343 e. The van der Waals surface area contributed by atoms with Gasteiger partial charge in [0, 0.05) is 42.6 Å². The zero-order chi connectivity index (χ0) is 22.8. The lowest BCUT2D eigenvalue weighted by atomic mass is 9.94. The van der Waals surface area contributed by atoms with Crippen molar-refractivity contribution < 1.29 is 9.59 Å². The van der Waals surface area contributed by atoms with Gasteiger partial charge in [-0.1, -0.05) is 66.7 Å². The smallest absolute Gasteiger partial charge is 0.256 e. The van der Waals surface area contributed by atoms with Crippen molar-refractivity contribution in [3.63, 3.8) is 0 Å². The normalized spacial score (nSPS) is 14.4. The number of carbonyl (C=O) groups is 2. The summed E-state index contributed by atoms with van der Waals surface area (Å²) in [4.78, 5) is 28.4. The van der Waals surface area contributed by atoms with Crippen LogP contribution in [-0.4, -0.2) is 34.4 Å². The zero-order valence-corrected chi connectivity index (χ0v) is 18.7. The van der Waals surface area contributed by atoms with Gasteiger partial charge in [0.15, 0.2) is 0 Å². The van der Waals surface area contributed by atoms with Crippen LogP contribution in [0.25, 0.3) is 22.2 Å². The Balaban J connectivity index is 1.39. The van der Waals surface area contributed by atoms with Gasteiger partial charge in [0.2, 0.25) is 5.91 Å². The Kier molecular flexibility index (Phi) is 5.69. The molecule has 166 valence electrons. The van der Waals surface area contributed by atoms with Crippen LogP contribution >= 0.6 is 0 Å². The van der Waals surface area contributed by atoms with E-state index < -0.39 is 0 Å². The first-order valence-electron chi connectivity index (χ1n) is 11.4. The topological polar surface area (TPSA) is 54.3 Å². The number of fused-ring (bicyclic) bond motifs is 1. The van der Waals surface area contributed by atoms with Crippen LogP contribution in [0, 0.1) is 5.92 Å². The van der Waals surface area contributed by atoms with Crippen molar-refractivity contribution in [1.29, 1.82) is 0 Å². The monoisotopic (exact) mass is 437 g/mol. The predicted molar refractivity (Wildman–Crippen MR) is 132 cm³/mol. The Morgan fingerprint density at radius 3 is 2.12 bits per heavy atom. The number of benzene rings is 3. The van der Waals surface area contributed by atoms with Crippen LogP contribution in [0.5, 0.6) is 0 Å². The third-order valence-corrected chi connectivity index (χ3v) is 6.56. The number of rotatable bonds is 4. The lowest BCUT2D eigenvalue weighted by Crippen LogP contribution is -2.41. The van der Waals surface area contributed by atoms with Crippen LogP contribution in [-0.2, 0) is 11.8 Å². The van der Waals surface area contributed by atoms with Gasteiger partial charge in [-0.3, -0.25) is 9.59 Å². The first kappa shape index (κ1) is 21.0. The van der Waals surface area contributed by atoms with Crippen molar-refractivity contribution in [2.45, 2.75) is 12.8 Å². The second-order valence-corrected chi connectivity index (χ2v) is 8.59. The number of aromatic nitrogens is 1. The van der Waals surface area contributed by atoms with Gasteiger partial charge in [-0.2, -0.15) is 0 Å². The van der Waals surface area contributed by atoms with Gasteiger partial charge < -0.3 is 14.8 Å². The molecule has 1 aromatic heterocycles.